The Morgan fingerprint density at radius 2 is 1.26 bits per heavy atom. The average molecular weight is 460 g/mol. The van der Waals surface area contributed by atoms with Crippen LogP contribution in [0, 0.1) is 10.1 Å². The molecule has 0 saturated heterocycles. The highest BCUT2D eigenvalue weighted by Crippen LogP contribution is 2.20. The topological polar surface area (TPSA) is 165 Å². The lowest BCUT2D eigenvalue weighted by Gasteiger charge is -2.08. The van der Waals surface area contributed by atoms with Crippen LogP contribution in [0.2, 0.25) is 0 Å². The van der Waals surface area contributed by atoms with Gasteiger partial charge < -0.3 is 26.7 Å². The van der Waals surface area contributed by atoms with Gasteiger partial charge in [-0.2, -0.15) is 0 Å². The van der Waals surface area contributed by atoms with Gasteiger partial charge in [-0.1, -0.05) is 24.3 Å². The van der Waals surface area contributed by atoms with E-state index in [1.54, 1.807) is 48.8 Å². The molecule has 0 bridgehead atoms. The molecule has 0 atom stereocenters. The molecule has 0 aliphatic rings. The van der Waals surface area contributed by atoms with Crippen molar-refractivity contribution in [3.63, 3.8) is 0 Å². The summed E-state index contributed by atoms with van der Waals surface area (Å²) in [6.45, 7) is 0.637. The Kier molecular flexibility index (Phi) is 8.17. The second-order valence-corrected chi connectivity index (χ2v) is 7.02. The fourth-order valence-corrected chi connectivity index (χ4v) is 2.81. The van der Waals surface area contributed by atoms with Crippen LogP contribution in [0.25, 0.3) is 0 Å². The number of hydrogen-bond acceptors (Lipinski definition) is 9. The van der Waals surface area contributed by atoms with Gasteiger partial charge in [-0.25, -0.2) is 9.97 Å². The summed E-state index contributed by atoms with van der Waals surface area (Å²) in [5, 5.41) is 10.6. The molecule has 6 N–H and O–H groups in total. The van der Waals surface area contributed by atoms with Crippen LogP contribution in [-0.2, 0) is 13.2 Å². The number of anilines is 3. The number of benzene rings is 2. The van der Waals surface area contributed by atoms with Crippen LogP contribution in [0.5, 0.6) is 11.5 Å². The molecule has 10 heteroatoms. The zero-order chi connectivity index (χ0) is 24.3. The number of nitrogen functional groups attached to an aromatic ring is 3. The lowest BCUT2D eigenvalue weighted by Crippen LogP contribution is -2.00. The molecule has 0 radical (unpaired) electrons. The number of nitro benzene ring substituents is 1. The standard InChI is InChI=1S/C12H11N3O3.C12H13N3O/c13-12-11(5-2-6-14-12)18-8-9-3-1-4-10(7-9)15(16)17;13-10-4-1-3-9(7-10)8-16-11-5-2-6-15-12(11)14/h1-7H,8H2,(H2,13,14);1-7H,8,13H2,(H2,14,15). The second kappa shape index (κ2) is 11.7. The number of nitrogens with zero attached hydrogens (tertiary/aromatic N) is 3. The van der Waals surface area contributed by atoms with E-state index >= 15 is 0 Å². The van der Waals surface area contributed by atoms with Gasteiger partial charge in [-0.3, -0.25) is 10.1 Å². The summed E-state index contributed by atoms with van der Waals surface area (Å²) in [4.78, 5) is 18.0. The van der Waals surface area contributed by atoms with Gasteiger partial charge >= 0.3 is 0 Å². The number of pyridine rings is 2. The Hall–Kier alpha value is -4.86. The van der Waals surface area contributed by atoms with Crippen molar-refractivity contribution in [2.24, 2.45) is 0 Å². The van der Waals surface area contributed by atoms with Crippen molar-refractivity contribution in [1.82, 2.24) is 9.97 Å². The maximum absolute atomic E-state index is 10.6. The predicted molar refractivity (Wildman–Crippen MR) is 130 cm³/mol. The van der Waals surface area contributed by atoms with Gasteiger partial charge in [0.1, 0.15) is 13.2 Å². The summed E-state index contributed by atoms with van der Waals surface area (Å²) in [5.74, 6) is 1.74. The first-order chi connectivity index (χ1) is 16.4. The molecule has 0 aliphatic heterocycles. The molecule has 2 aromatic carbocycles. The molecule has 0 spiro atoms. The first kappa shape index (κ1) is 23.8. The van der Waals surface area contributed by atoms with Crippen LogP contribution >= 0.6 is 0 Å². The first-order valence-electron chi connectivity index (χ1n) is 10.2. The summed E-state index contributed by atoms with van der Waals surface area (Å²) >= 11 is 0. The minimum Gasteiger partial charge on any atom is -0.485 e. The molecule has 4 aromatic rings. The number of hydrogen-bond donors (Lipinski definition) is 3. The van der Waals surface area contributed by atoms with Crippen molar-refractivity contribution >= 4 is 23.0 Å². The van der Waals surface area contributed by atoms with Crippen LogP contribution in [-0.4, -0.2) is 14.9 Å². The maximum Gasteiger partial charge on any atom is 0.269 e. The van der Waals surface area contributed by atoms with Gasteiger partial charge in [0.25, 0.3) is 5.69 Å². The summed E-state index contributed by atoms with van der Waals surface area (Å²) in [6, 6.07) is 20.8. The highest BCUT2D eigenvalue weighted by Gasteiger charge is 2.07. The van der Waals surface area contributed by atoms with Crippen molar-refractivity contribution in [2.75, 3.05) is 17.2 Å². The van der Waals surface area contributed by atoms with E-state index in [0.29, 0.717) is 35.3 Å². The molecule has 0 aliphatic carbocycles. The van der Waals surface area contributed by atoms with E-state index in [9.17, 15) is 10.1 Å². The largest absolute Gasteiger partial charge is 0.485 e. The third-order valence-corrected chi connectivity index (χ3v) is 4.46. The number of rotatable bonds is 7. The Morgan fingerprint density at radius 1 is 0.735 bits per heavy atom. The summed E-state index contributed by atoms with van der Waals surface area (Å²) < 4.78 is 11.0. The van der Waals surface area contributed by atoms with Crippen LogP contribution in [0.1, 0.15) is 11.1 Å². The van der Waals surface area contributed by atoms with Crippen molar-refractivity contribution in [2.45, 2.75) is 13.2 Å². The Labute approximate surface area is 196 Å². The van der Waals surface area contributed by atoms with E-state index in [2.05, 4.69) is 9.97 Å². The van der Waals surface area contributed by atoms with Crippen LogP contribution in [0.4, 0.5) is 23.0 Å². The number of nitro groups is 1. The Bertz CT molecular complexity index is 1250. The van der Waals surface area contributed by atoms with Gasteiger partial charge in [0.2, 0.25) is 0 Å². The zero-order valence-corrected chi connectivity index (χ0v) is 18.2. The lowest BCUT2D eigenvalue weighted by atomic mass is 10.2. The highest BCUT2D eigenvalue weighted by atomic mass is 16.6. The van der Waals surface area contributed by atoms with Gasteiger partial charge in [0, 0.05) is 30.2 Å². The molecule has 174 valence electrons. The molecular weight excluding hydrogens is 436 g/mol. The van der Waals surface area contributed by atoms with Crippen molar-refractivity contribution in [3.8, 4) is 11.5 Å². The quantitative estimate of drug-likeness (QED) is 0.210. The number of ether oxygens (including phenoxy) is 2. The molecule has 2 aromatic heterocycles. The van der Waals surface area contributed by atoms with Crippen molar-refractivity contribution in [3.05, 3.63) is 106 Å². The molecule has 0 amide bonds. The van der Waals surface area contributed by atoms with E-state index in [1.165, 1.54) is 12.1 Å². The van der Waals surface area contributed by atoms with Gasteiger partial charge in [-0.15, -0.1) is 0 Å². The smallest absolute Gasteiger partial charge is 0.269 e. The minimum absolute atomic E-state index is 0.0373. The molecule has 10 nitrogen and oxygen atoms in total. The highest BCUT2D eigenvalue weighted by molar-refractivity contribution is 5.46. The SMILES string of the molecule is Nc1cccc(COc2cccnc2N)c1.Nc1ncccc1OCc1cccc([N+](=O)[O-])c1. The predicted octanol–water partition coefficient (Wildman–Crippen LogP) is 3.98. The van der Waals surface area contributed by atoms with Gasteiger partial charge in [0.15, 0.2) is 23.1 Å². The van der Waals surface area contributed by atoms with Crippen LogP contribution in [0.15, 0.2) is 85.2 Å². The van der Waals surface area contributed by atoms with Gasteiger partial charge in [-0.05, 0) is 47.5 Å². The third-order valence-electron chi connectivity index (χ3n) is 4.46. The van der Waals surface area contributed by atoms with Crippen molar-refractivity contribution in [1.29, 1.82) is 0 Å². The summed E-state index contributed by atoms with van der Waals surface area (Å²) in [5.41, 5.74) is 19.4. The van der Waals surface area contributed by atoms with Crippen LogP contribution in [0.3, 0.4) is 0 Å². The Morgan fingerprint density at radius 3 is 1.76 bits per heavy atom. The van der Waals surface area contributed by atoms with E-state index in [-0.39, 0.29) is 12.3 Å². The Balaban J connectivity index is 0.000000192. The number of aromatic nitrogens is 2. The van der Waals surface area contributed by atoms with Crippen LogP contribution < -0.4 is 26.7 Å². The average Bonchev–Trinajstić information content (AvgIpc) is 2.84. The maximum atomic E-state index is 10.6. The normalized spacial score (nSPS) is 10.0. The monoisotopic (exact) mass is 460 g/mol. The summed E-state index contributed by atoms with van der Waals surface area (Å²) in [7, 11) is 0. The fraction of sp³-hybridized carbons (Fsp3) is 0.0833. The lowest BCUT2D eigenvalue weighted by molar-refractivity contribution is -0.384. The molecule has 2 heterocycles. The van der Waals surface area contributed by atoms with E-state index in [0.717, 1.165) is 11.3 Å². The molecule has 0 fully saturated rings. The number of nitrogens with two attached hydrogens (primary N) is 3. The van der Waals surface area contributed by atoms with Gasteiger partial charge in [0.05, 0.1) is 4.92 Å². The molecule has 34 heavy (non-hydrogen) atoms. The minimum atomic E-state index is -0.443. The first-order valence-corrected chi connectivity index (χ1v) is 10.2. The second-order valence-electron chi connectivity index (χ2n) is 7.02. The van der Waals surface area contributed by atoms with Crippen molar-refractivity contribution < 1.29 is 14.4 Å². The summed E-state index contributed by atoms with van der Waals surface area (Å²) in [6.07, 6.45) is 3.19. The number of non-ortho nitro benzene ring substituents is 1. The van der Waals surface area contributed by atoms with E-state index in [4.69, 9.17) is 26.7 Å². The molecular formula is C24H24N6O4. The van der Waals surface area contributed by atoms with E-state index in [1.807, 2.05) is 24.3 Å². The zero-order valence-electron chi connectivity index (χ0n) is 18.2. The molecule has 4 rings (SSSR count). The molecule has 0 saturated carbocycles. The third kappa shape index (κ3) is 7.09. The van der Waals surface area contributed by atoms with E-state index < -0.39 is 4.92 Å². The molecule has 0 unspecified atom stereocenters. The fourth-order valence-electron chi connectivity index (χ4n) is 2.81.